The molecule has 120 valence electrons. The predicted molar refractivity (Wildman–Crippen MR) is 85.2 cm³/mol. The number of ketones is 1. The fraction of sp³-hybridized carbons (Fsp3) is 0.353. The molecule has 2 N–H and O–H groups in total. The zero-order valence-electron chi connectivity index (χ0n) is 13.4. The van der Waals surface area contributed by atoms with E-state index in [1.54, 1.807) is 31.4 Å². The molecule has 0 unspecified atom stereocenters. The highest BCUT2D eigenvalue weighted by atomic mass is 16.5. The van der Waals surface area contributed by atoms with Gasteiger partial charge in [0.25, 0.3) is 5.91 Å². The molecule has 0 bridgehead atoms. The zero-order valence-corrected chi connectivity index (χ0v) is 13.4. The van der Waals surface area contributed by atoms with Crippen LogP contribution in [0.3, 0.4) is 0 Å². The lowest BCUT2D eigenvalue weighted by Gasteiger charge is -2.11. The van der Waals surface area contributed by atoms with Crippen LogP contribution in [0, 0.1) is 0 Å². The number of hydrogen-bond acceptors (Lipinski definition) is 4. The minimum absolute atomic E-state index is 0.135. The Morgan fingerprint density at radius 3 is 2.30 bits per heavy atom. The van der Waals surface area contributed by atoms with E-state index in [2.05, 4.69) is 5.10 Å². The number of hydrogen-bond donors (Lipinski definition) is 1. The lowest BCUT2D eigenvalue weighted by Crippen LogP contribution is -2.18. The highest BCUT2D eigenvalue weighted by molar-refractivity contribution is 6.01. The van der Waals surface area contributed by atoms with Crippen molar-refractivity contribution in [1.82, 2.24) is 9.78 Å². The molecule has 23 heavy (non-hydrogen) atoms. The van der Waals surface area contributed by atoms with Crippen LogP contribution in [0.4, 0.5) is 0 Å². The molecule has 1 aromatic heterocycles. The maximum absolute atomic E-state index is 12.3. The molecule has 1 aliphatic rings. The SMILES string of the molecule is COc1ccc(-n2nc(C(N)=O)c(C3(C)CC3)c2C(C)=O)cc1. The van der Waals surface area contributed by atoms with Crippen molar-refractivity contribution in [1.29, 1.82) is 0 Å². The van der Waals surface area contributed by atoms with Crippen LogP contribution in [0.15, 0.2) is 24.3 Å². The van der Waals surface area contributed by atoms with Crippen molar-refractivity contribution in [2.75, 3.05) is 7.11 Å². The molecule has 0 atom stereocenters. The number of amides is 1. The molecule has 1 amide bonds. The first-order valence-corrected chi connectivity index (χ1v) is 7.46. The van der Waals surface area contributed by atoms with Crippen molar-refractivity contribution in [3.8, 4) is 11.4 Å². The van der Waals surface area contributed by atoms with Gasteiger partial charge in [-0.25, -0.2) is 4.68 Å². The van der Waals surface area contributed by atoms with Gasteiger partial charge in [0.05, 0.1) is 12.8 Å². The van der Waals surface area contributed by atoms with Gasteiger partial charge in [-0.3, -0.25) is 9.59 Å². The second-order valence-electron chi connectivity index (χ2n) is 6.16. The molecule has 3 rings (SSSR count). The summed E-state index contributed by atoms with van der Waals surface area (Å²) in [5.74, 6) is -0.0402. The molecule has 0 spiro atoms. The van der Waals surface area contributed by atoms with Crippen molar-refractivity contribution < 1.29 is 14.3 Å². The number of rotatable bonds is 5. The normalized spacial score (nSPS) is 15.3. The summed E-state index contributed by atoms with van der Waals surface area (Å²) < 4.78 is 6.66. The monoisotopic (exact) mass is 313 g/mol. The summed E-state index contributed by atoms with van der Waals surface area (Å²) in [7, 11) is 1.58. The number of Topliss-reactive ketones (excluding diaryl/α,β-unsaturated/α-hetero) is 1. The third-order valence-corrected chi connectivity index (χ3v) is 4.37. The molecule has 0 radical (unpaired) electrons. The van der Waals surface area contributed by atoms with Crippen molar-refractivity contribution in [2.24, 2.45) is 5.73 Å². The van der Waals surface area contributed by atoms with E-state index in [0.29, 0.717) is 22.7 Å². The molecule has 2 aromatic rings. The van der Waals surface area contributed by atoms with Crippen molar-refractivity contribution in [2.45, 2.75) is 32.1 Å². The Bertz CT molecular complexity index is 786. The second kappa shape index (κ2) is 5.22. The Hall–Kier alpha value is -2.63. The fourth-order valence-electron chi connectivity index (χ4n) is 2.84. The van der Waals surface area contributed by atoms with Gasteiger partial charge in [-0.05, 0) is 42.5 Å². The Balaban J connectivity index is 2.23. The molecule has 1 fully saturated rings. The molecule has 6 nitrogen and oxygen atoms in total. The van der Waals surface area contributed by atoms with E-state index < -0.39 is 5.91 Å². The Labute approximate surface area is 134 Å². The van der Waals surface area contributed by atoms with Crippen LogP contribution in [-0.4, -0.2) is 28.6 Å². The minimum Gasteiger partial charge on any atom is -0.497 e. The number of aromatic nitrogens is 2. The average Bonchev–Trinajstić information content (AvgIpc) is 3.13. The molecule has 6 heteroatoms. The maximum atomic E-state index is 12.3. The van der Waals surface area contributed by atoms with Crippen molar-refractivity contribution in [3.05, 3.63) is 41.2 Å². The smallest absolute Gasteiger partial charge is 0.269 e. The van der Waals surface area contributed by atoms with Crippen molar-refractivity contribution >= 4 is 11.7 Å². The number of nitrogens with two attached hydrogens (primary N) is 1. The van der Waals surface area contributed by atoms with E-state index in [-0.39, 0.29) is 16.9 Å². The van der Waals surface area contributed by atoms with Gasteiger partial charge in [0, 0.05) is 12.5 Å². The van der Waals surface area contributed by atoms with E-state index in [1.807, 2.05) is 6.92 Å². The Morgan fingerprint density at radius 1 is 1.26 bits per heavy atom. The summed E-state index contributed by atoms with van der Waals surface area (Å²) in [4.78, 5) is 24.1. The van der Waals surface area contributed by atoms with Crippen LogP contribution in [0.5, 0.6) is 5.75 Å². The molecule has 1 aliphatic carbocycles. The van der Waals surface area contributed by atoms with Crippen LogP contribution in [0.2, 0.25) is 0 Å². The first kappa shape index (κ1) is 15.3. The van der Waals surface area contributed by atoms with Gasteiger partial charge in [0.15, 0.2) is 11.5 Å². The number of carbonyl (C=O) groups excluding carboxylic acids is 2. The highest BCUT2D eigenvalue weighted by Crippen LogP contribution is 2.50. The Kier molecular flexibility index (Phi) is 3.47. The molecule has 1 heterocycles. The average molecular weight is 313 g/mol. The Morgan fingerprint density at radius 2 is 1.87 bits per heavy atom. The van der Waals surface area contributed by atoms with Crippen LogP contribution in [0.1, 0.15) is 53.2 Å². The number of primary amides is 1. The van der Waals surface area contributed by atoms with E-state index in [0.717, 1.165) is 12.8 Å². The third-order valence-electron chi connectivity index (χ3n) is 4.37. The first-order chi connectivity index (χ1) is 10.9. The van der Waals surface area contributed by atoms with E-state index in [4.69, 9.17) is 10.5 Å². The molecule has 1 saturated carbocycles. The van der Waals surface area contributed by atoms with Gasteiger partial charge < -0.3 is 10.5 Å². The lowest BCUT2D eigenvalue weighted by molar-refractivity contribution is 0.0991. The number of benzene rings is 1. The molecule has 1 aromatic carbocycles. The van der Waals surface area contributed by atoms with Gasteiger partial charge in [-0.2, -0.15) is 5.10 Å². The van der Waals surface area contributed by atoms with Crippen molar-refractivity contribution in [3.63, 3.8) is 0 Å². The quantitative estimate of drug-likeness (QED) is 0.858. The number of ether oxygens (including phenoxy) is 1. The predicted octanol–water partition coefficient (Wildman–Crippen LogP) is 2.23. The summed E-state index contributed by atoms with van der Waals surface area (Å²) in [6, 6.07) is 7.15. The first-order valence-electron chi connectivity index (χ1n) is 7.46. The molecular formula is C17H19N3O3. The highest BCUT2D eigenvalue weighted by Gasteiger charge is 2.46. The van der Waals surface area contributed by atoms with Gasteiger partial charge in [0.1, 0.15) is 11.4 Å². The standard InChI is InChI=1S/C17H19N3O3/c1-10(21)15-13(17(2)8-9-17)14(16(18)22)19-20(15)11-4-6-12(23-3)7-5-11/h4-7H,8-9H2,1-3H3,(H2,18,22). The van der Waals surface area contributed by atoms with Crippen LogP contribution < -0.4 is 10.5 Å². The van der Waals surface area contributed by atoms with Crippen LogP contribution in [-0.2, 0) is 5.41 Å². The second-order valence-corrected chi connectivity index (χ2v) is 6.16. The summed E-state index contributed by atoms with van der Waals surface area (Å²) in [5.41, 5.74) is 7.28. The molecular weight excluding hydrogens is 294 g/mol. The van der Waals surface area contributed by atoms with E-state index >= 15 is 0 Å². The van der Waals surface area contributed by atoms with Gasteiger partial charge in [0.2, 0.25) is 0 Å². The number of methoxy groups -OCH3 is 1. The van der Waals surface area contributed by atoms with Gasteiger partial charge in [-0.1, -0.05) is 6.92 Å². The topological polar surface area (TPSA) is 87.2 Å². The van der Waals surface area contributed by atoms with Crippen LogP contribution >= 0.6 is 0 Å². The molecule has 0 aliphatic heterocycles. The molecule has 0 saturated heterocycles. The maximum Gasteiger partial charge on any atom is 0.269 e. The number of nitrogens with zero attached hydrogens (tertiary/aromatic N) is 2. The third kappa shape index (κ3) is 2.50. The lowest BCUT2D eigenvalue weighted by atomic mass is 9.94. The number of carbonyl (C=O) groups is 2. The largest absolute Gasteiger partial charge is 0.497 e. The summed E-state index contributed by atoms with van der Waals surface area (Å²) in [6.45, 7) is 3.51. The zero-order chi connectivity index (χ0) is 16.8. The van der Waals surface area contributed by atoms with Crippen LogP contribution in [0.25, 0.3) is 5.69 Å². The van der Waals surface area contributed by atoms with E-state index in [1.165, 1.54) is 11.6 Å². The van der Waals surface area contributed by atoms with Gasteiger partial charge in [-0.15, -0.1) is 0 Å². The summed E-state index contributed by atoms with van der Waals surface area (Å²) in [6.07, 6.45) is 1.84. The fourth-order valence-corrected chi connectivity index (χ4v) is 2.84. The summed E-state index contributed by atoms with van der Waals surface area (Å²) in [5, 5.41) is 4.34. The summed E-state index contributed by atoms with van der Waals surface area (Å²) >= 11 is 0. The minimum atomic E-state index is -0.608. The van der Waals surface area contributed by atoms with Gasteiger partial charge >= 0.3 is 0 Å². The van der Waals surface area contributed by atoms with E-state index in [9.17, 15) is 9.59 Å².